The van der Waals surface area contributed by atoms with Gasteiger partial charge in [0.2, 0.25) is 5.43 Å². The van der Waals surface area contributed by atoms with Gasteiger partial charge in [-0.2, -0.15) is 0 Å². The number of ether oxygens (including phenoxy) is 1. The summed E-state index contributed by atoms with van der Waals surface area (Å²) in [6.45, 7) is 6.08. The zero-order chi connectivity index (χ0) is 16.3. The van der Waals surface area contributed by atoms with Gasteiger partial charge < -0.3 is 9.30 Å². The van der Waals surface area contributed by atoms with E-state index in [1.54, 1.807) is 30.5 Å². The van der Waals surface area contributed by atoms with Crippen molar-refractivity contribution < 1.29 is 4.74 Å². The number of allylic oxidation sites excluding steroid dienone is 1. The molecule has 0 aliphatic carbocycles. The van der Waals surface area contributed by atoms with Gasteiger partial charge in [-0.25, -0.2) is 0 Å². The Labute approximate surface area is 135 Å². The number of pyridine rings is 1. The molecule has 0 bridgehead atoms. The van der Waals surface area contributed by atoms with Gasteiger partial charge in [0, 0.05) is 23.8 Å². The molecule has 1 heterocycles. The van der Waals surface area contributed by atoms with Gasteiger partial charge in [-0.15, -0.1) is 0 Å². The number of hydrogen-bond acceptors (Lipinski definition) is 2. The van der Waals surface area contributed by atoms with Crippen molar-refractivity contribution in [2.45, 2.75) is 20.8 Å². The number of halogens is 1. The van der Waals surface area contributed by atoms with Crippen LogP contribution < -0.4 is 10.2 Å². The quantitative estimate of drug-likeness (QED) is 0.810. The van der Waals surface area contributed by atoms with Crippen molar-refractivity contribution in [1.29, 1.82) is 0 Å². The maximum atomic E-state index is 12.2. The van der Waals surface area contributed by atoms with Crippen LogP contribution in [0, 0.1) is 12.8 Å². The van der Waals surface area contributed by atoms with Gasteiger partial charge in [0.1, 0.15) is 5.75 Å². The average molecular weight is 318 g/mol. The Bertz CT molecular complexity index is 760. The van der Waals surface area contributed by atoms with Crippen molar-refractivity contribution >= 4 is 17.7 Å². The highest BCUT2D eigenvalue weighted by molar-refractivity contribution is 6.30. The number of aromatic nitrogens is 1. The van der Waals surface area contributed by atoms with E-state index in [2.05, 4.69) is 19.9 Å². The molecule has 0 aliphatic rings. The molecule has 0 amide bonds. The monoisotopic (exact) mass is 317 g/mol. The smallest absolute Gasteiger partial charge is 0.224 e. The van der Waals surface area contributed by atoms with Gasteiger partial charge in [-0.1, -0.05) is 31.5 Å². The molecule has 0 saturated carbocycles. The van der Waals surface area contributed by atoms with Crippen molar-refractivity contribution in [1.82, 2.24) is 4.57 Å². The second-order valence-electron chi connectivity index (χ2n) is 5.65. The van der Waals surface area contributed by atoms with Crippen molar-refractivity contribution in [2.75, 3.05) is 0 Å². The van der Waals surface area contributed by atoms with E-state index in [4.69, 9.17) is 16.3 Å². The Hall–Kier alpha value is -2.00. The highest BCUT2D eigenvalue weighted by Gasteiger charge is 2.08. The maximum absolute atomic E-state index is 12.2. The molecule has 22 heavy (non-hydrogen) atoms. The van der Waals surface area contributed by atoms with Crippen LogP contribution in [0.25, 0.3) is 6.08 Å². The zero-order valence-corrected chi connectivity index (χ0v) is 14.0. The van der Waals surface area contributed by atoms with Crippen LogP contribution in [0.4, 0.5) is 0 Å². The molecule has 2 rings (SSSR count). The molecular weight excluding hydrogens is 298 g/mol. The molecule has 4 heteroatoms. The van der Waals surface area contributed by atoms with E-state index in [1.807, 2.05) is 24.6 Å². The minimum absolute atomic E-state index is 0.143. The predicted molar refractivity (Wildman–Crippen MR) is 91.8 cm³/mol. The van der Waals surface area contributed by atoms with Crippen LogP contribution >= 0.6 is 11.6 Å². The summed E-state index contributed by atoms with van der Waals surface area (Å²) in [5.41, 5.74) is 1.59. The fraction of sp³-hybridized carbons (Fsp3) is 0.278. The van der Waals surface area contributed by atoms with Crippen LogP contribution in [0.1, 0.15) is 25.1 Å². The summed E-state index contributed by atoms with van der Waals surface area (Å²) < 4.78 is 7.62. The van der Waals surface area contributed by atoms with E-state index in [0.717, 1.165) is 11.3 Å². The van der Waals surface area contributed by atoms with E-state index >= 15 is 0 Å². The third kappa shape index (κ3) is 4.01. The first kappa shape index (κ1) is 16.4. The van der Waals surface area contributed by atoms with E-state index in [0.29, 0.717) is 22.4 Å². The van der Waals surface area contributed by atoms with Crippen LogP contribution in [-0.2, 0) is 7.05 Å². The lowest BCUT2D eigenvalue weighted by Crippen LogP contribution is -2.10. The molecule has 0 N–H and O–H groups in total. The molecular formula is C18H20ClNO2. The second-order valence-corrected chi connectivity index (χ2v) is 6.09. The van der Waals surface area contributed by atoms with Gasteiger partial charge in [-0.05, 0) is 42.7 Å². The summed E-state index contributed by atoms with van der Waals surface area (Å²) in [6, 6.07) is 6.90. The number of aryl methyl sites for hydroxylation is 2. The largest absolute Gasteiger partial charge is 0.451 e. The molecule has 0 spiro atoms. The molecule has 3 nitrogen and oxygen atoms in total. The standard InChI is InChI=1S/C18H20ClNO2/c1-12(2)5-7-15-10-16(21)18(11-20(15)4)22-17-8-6-14(19)9-13(17)3/h5-12H,1-4H3. The van der Waals surface area contributed by atoms with Crippen LogP contribution in [0.3, 0.4) is 0 Å². The molecule has 116 valence electrons. The number of rotatable bonds is 4. The van der Waals surface area contributed by atoms with E-state index in [-0.39, 0.29) is 5.43 Å². The molecule has 1 aromatic carbocycles. The van der Waals surface area contributed by atoms with E-state index < -0.39 is 0 Å². The Morgan fingerprint density at radius 3 is 2.59 bits per heavy atom. The summed E-state index contributed by atoms with van der Waals surface area (Å²) in [7, 11) is 1.89. The predicted octanol–water partition coefficient (Wildman–Crippen LogP) is 4.81. The maximum Gasteiger partial charge on any atom is 0.224 e. The van der Waals surface area contributed by atoms with E-state index in [9.17, 15) is 4.79 Å². The molecule has 0 fully saturated rings. The summed E-state index contributed by atoms with van der Waals surface area (Å²) in [4.78, 5) is 12.2. The van der Waals surface area contributed by atoms with Crippen LogP contribution in [0.2, 0.25) is 5.02 Å². The highest BCUT2D eigenvalue weighted by atomic mass is 35.5. The van der Waals surface area contributed by atoms with Crippen molar-refractivity contribution in [2.24, 2.45) is 13.0 Å². The topological polar surface area (TPSA) is 31.2 Å². The van der Waals surface area contributed by atoms with Crippen molar-refractivity contribution in [3.05, 3.63) is 63.0 Å². The lowest BCUT2D eigenvalue weighted by molar-refractivity contribution is 0.468. The summed E-state index contributed by atoms with van der Waals surface area (Å²) in [6.07, 6.45) is 5.71. The third-order valence-corrected chi connectivity index (χ3v) is 3.48. The molecule has 2 aromatic rings. The molecule has 0 unspecified atom stereocenters. The number of hydrogen-bond donors (Lipinski definition) is 0. The Balaban J connectivity index is 2.33. The van der Waals surface area contributed by atoms with Crippen LogP contribution in [0.5, 0.6) is 11.5 Å². The van der Waals surface area contributed by atoms with Gasteiger partial charge in [-0.3, -0.25) is 4.79 Å². The summed E-state index contributed by atoms with van der Waals surface area (Å²) in [5.74, 6) is 1.37. The lowest BCUT2D eigenvalue weighted by atomic mass is 10.2. The third-order valence-electron chi connectivity index (χ3n) is 3.25. The van der Waals surface area contributed by atoms with Gasteiger partial charge in [0.05, 0.1) is 6.20 Å². The molecule has 0 aliphatic heterocycles. The Morgan fingerprint density at radius 2 is 1.95 bits per heavy atom. The fourth-order valence-electron chi connectivity index (χ4n) is 2.00. The Kier molecular flexibility index (Phi) is 5.09. The lowest BCUT2D eigenvalue weighted by Gasteiger charge is -2.11. The van der Waals surface area contributed by atoms with Crippen LogP contribution in [-0.4, -0.2) is 4.57 Å². The SMILES string of the molecule is Cc1cc(Cl)ccc1Oc1cn(C)c(C=CC(C)C)cc1=O. The minimum Gasteiger partial charge on any atom is -0.451 e. The Morgan fingerprint density at radius 1 is 1.23 bits per heavy atom. The molecule has 0 saturated heterocycles. The van der Waals surface area contributed by atoms with E-state index in [1.165, 1.54) is 0 Å². The van der Waals surface area contributed by atoms with Gasteiger partial charge >= 0.3 is 0 Å². The first-order valence-corrected chi connectivity index (χ1v) is 7.57. The first-order chi connectivity index (χ1) is 10.4. The molecule has 0 radical (unpaired) electrons. The molecule has 0 atom stereocenters. The van der Waals surface area contributed by atoms with Crippen molar-refractivity contribution in [3.63, 3.8) is 0 Å². The van der Waals surface area contributed by atoms with Crippen molar-refractivity contribution in [3.8, 4) is 11.5 Å². The number of benzene rings is 1. The summed E-state index contributed by atoms with van der Waals surface area (Å²) >= 11 is 5.93. The molecule has 1 aromatic heterocycles. The first-order valence-electron chi connectivity index (χ1n) is 7.19. The second kappa shape index (κ2) is 6.84. The van der Waals surface area contributed by atoms with Gasteiger partial charge in [0.25, 0.3) is 0 Å². The van der Waals surface area contributed by atoms with Gasteiger partial charge in [0.15, 0.2) is 5.75 Å². The average Bonchev–Trinajstić information content (AvgIpc) is 2.43. The van der Waals surface area contributed by atoms with Crippen LogP contribution in [0.15, 0.2) is 41.3 Å². The highest BCUT2D eigenvalue weighted by Crippen LogP contribution is 2.25. The summed E-state index contributed by atoms with van der Waals surface area (Å²) in [5, 5.41) is 0.645. The fourth-order valence-corrected chi connectivity index (χ4v) is 2.23. The normalized spacial score (nSPS) is 11.4. The number of nitrogens with zero attached hydrogens (tertiary/aromatic N) is 1. The minimum atomic E-state index is -0.143. The zero-order valence-electron chi connectivity index (χ0n) is 13.3.